The Labute approximate surface area is 116 Å². The van der Waals surface area contributed by atoms with Crippen LogP contribution in [0, 0.1) is 0 Å². The Bertz CT molecular complexity index is 462. The van der Waals surface area contributed by atoms with E-state index >= 15 is 0 Å². The summed E-state index contributed by atoms with van der Waals surface area (Å²) in [6.07, 6.45) is 4.02. The SMILES string of the molecule is CN(Cc1ncn[nH]1)C(=O)N1CCCCC1CC(=O)O. The van der Waals surface area contributed by atoms with Crippen LogP contribution in [0.15, 0.2) is 6.33 Å². The zero-order valence-corrected chi connectivity index (χ0v) is 11.4. The second-order valence-electron chi connectivity index (χ2n) is 5.01. The van der Waals surface area contributed by atoms with Crippen molar-refractivity contribution in [1.82, 2.24) is 25.0 Å². The summed E-state index contributed by atoms with van der Waals surface area (Å²) in [5.41, 5.74) is 0. The first-order valence-electron chi connectivity index (χ1n) is 6.65. The number of H-pyrrole nitrogens is 1. The van der Waals surface area contributed by atoms with Crippen molar-refractivity contribution in [3.8, 4) is 0 Å². The number of carbonyl (C=O) groups is 2. The molecular weight excluding hydrogens is 262 g/mol. The molecule has 1 aromatic heterocycles. The van der Waals surface area contributed by atoms with E-state index in [1.54, 1.807) is 11.9 Å². The number of carboxylic acids is 1. The van der Waals surface area contributed by atoms with Gasteiger partial charge in [0.25, 0.3) is 0 Å². The minimum atomic E-state index is -0.868. The lowest BCUT2D eigenvalue weighted by Gasteiger charge is -2.37. The number of hydrogen-bond donors (Lipinski definition) is 2. The topological polar surface area (TPSA) is 102 Å². The Morgan fingerprint density at radius 3 is 3.00 bits per heavy atom. The van der Waals surface area contributed by atoms with E-state index < -0.39 is 5.97 Å². The molecule has 1 fully saturated rings. The molecule has 8 nitrogen and oxygen atoms in total. The van der Waals surface area contributed by atoms with Crippen LogP contribution < -0.4 is 0 Å². The molecule has 8 heteroatoms. The van der Waals surface area contributed by atoms with E-state index in [0.29, 0.717) is 18.9 Å². The van der Waals surface area contributed by atoms with Crippen molar-refractivity contribution in [1.29, 1.82) is 0 Å². The number of carbonyl (C=O) groups excluding carboxylic acids is 1. The number of aromatic amines is 1. The standard InChI is InChI=1S/C12H19N5O3/c1-16(7-10-13-8-14-15-10)12(20)17-5-3-2-4-9(17)6-11(18)19/h8-9H,2-7H2,1H3,(H,18,19)(H,13,14,15). The number of aromatic nitrogens is 3. The van der Waals surface area contributed by atoms with Gasteiger partial charge in [-0.15, -0.1) is 0 Å². The molecule has 0 saturated carbocycles. The summed E-state index contributed by atoms with van der Waals surface area (Å²) >= 11 is 0. The molecule has 2 rings (SSSR count). The highest BCUT2D eigenvalue weighted by molar-refractivity contribution is 5.76. The second-order valence-corrected chi connectivity index (χ2v) is 5.01. The number of piperidine rings is 1. The minimum Gasteiger partial charge on any atom is -0.481 e. The predicted molar refractivity (Wildman–Crippen MR) is 69.8 cm³/mol. The molecule has 0 aromatic carbocycles. The van der Waals surface area contributed by atoms with Gasteiger partial charge in [0.2, 0.25) is 0 Å². The molecule has 0 bridgehead atoms. The Morgan fingerprint density at radius 1 is 1.55 bits per heavy atom. The zero-order valence-electron chi connectivity index (χ0n) is 11.4. The number of urea groups is 1. The third-order valence-electron chi connectivity index (χ3n) is 3.46. The first kappa shape index (κ1) is 14.3. The normalized spacial score (nSPS) is 18.9. The van der Waals surface area contributed by atoms with E-state index in [2.05, 4.69) is 15.2 Å². The van der Waals surface area contributed by atoms with Gasteiger partial charge in [-0.1, -0.05) is 0 Å². The van der Waals surface area contributed by atoms with Crippen molar-refractivity contribution in [2.24, 2.45) is 0 Å². The largest absolute Gasteiger partial charge is 0.481 e. The van der Waals surface area contributed by atoms with Crippen molar-refractivity contribution < 1.29 is 14.7 Å². The van der Waals surface area contributed by atoms with E-state index in [1.807, 2.05) is 0 Å². The van der Waals surface area contributed by atoms with Crippen molar-refractivity contribution >= 4 is 12.0 Å². The van der Waals surface area contributed by atoms with Gasteiger partial charge in [-0.2, -0.15) is 5.10 Å². The van der Waals surface area contributed by atoms with Crippen LogP contribution in [-0.2, 0) is 11.3 Å². The van der Waals surface area contributed by atoms with Gasteiger partial charge in [-0.3, -0.25) is 9.89 Å². The number of aliphatic carboxylic acids is 1. The van der Waals surface area contributed by atoms with Gasteiger partial charge < -0.3 is 14.9 Å². The van der Waals surface area contributed by atoms with E-state index in [4.69, 9.17) is 5.11 Å². The first-order chi connectivity index (χ1) is 9.58. The van der Waals surface area contributed by atoms with Gasteiger partial charge in [0.1, 0.15) is 12.2 Å². The minimum absolute atomic E-state index is 0.00187. The summed E-state index contributed by atoms with van der Waals surface area (Å²) in [5, 5.41) is 15.4. The number of nitrogens with zero attached hydrogens (tertiary/aromatic N) is 4. The van der Waals surface area contributed by atoms with E-state index in [-0.39, 0.29) is 18.5 Å². The van der Waals surface area contributed by atoms with Gasteiger partial charge >= 0.3 is 12.0 Å². The Kier molecular flexibility index (Phi) is 4.54. The molecule has 1 atom stereocenters. The molecule has 0 radical (unpaired) electrons. The molecule has 1 saturated heterocycles. The summed E-state index contributed by atoms with van der Waals surface area (Å²) < 4.78 is 0. The zero-order chi connectivity index (χ0) is 14.5. The van der Waals surface area contributed by atoms with Crippen molar-refractivity contribution in [2.45, 2.75) is 38.3 Å². The van der Waals surface area contributed by atoms with E-state index in [9.17, 15) is 9.59 Å². The number of nitrogens with one attached hydrogen (secondary N) is 1. The quantitative estimate of drug-likeness (QED) is 0.845. The van der Waals surface area contributed by atoms with Gasteiger partial charge in [-0.05, 0) is 19.3 Å². The maximum Gasteiger partial charge on any atom is 0.320 e. The van der Waals surface area contributed by atoms with Crippen LogP contribution in [0.1, 0.15) is 31.5 Å². The van der Waals surface area contributed by atoms with Crippen LogP contribution in [0.25, 0.3) is 0 Å². The highest BCUT2D eigenvalue weighted by Crippen LogP contribution is 2.21. The van der Waals surface area contributed by atoms with Crippen LogP contribution in [0.3, 0.4) is 0 Å². The number of carboxylic acid groups (broad SMARTS) is 1. The van der Waals surface area contributed by atoms with Crippen LogP contribution in [0.4, 0.5) is 4.79 Å². The lowest BCUT2D eigenvalue weighted by molar-refractivity contribution is -0.138. The van der Waals surface area contributed by atoms with Crippen LogP contribution in [0.5, 0.6) is 0 Å². The molecule has 110 valence electrons. The molecule has 0 aliphatic carbocycles. The van der Waals surface area contributed by atoms with Gasteiger partial charge in [-0.25, -0.2) is 9.78 Å². The number of rotatable bonds is 4. The molecule has 0 spiro atoms. The molecule has 1 aromatic rings. The smallest absolute Gasteiger partial charge is 0.320 e. The summed E-state index contributed by atoms with van der Waals surface area (Å²) in [6.45, 7) is 0.937. The van der Waals surface area contributed by atoms with Crippen LogP contribution >= 0.6 is 0 Å². The molecule has 20 heavy (non-hydrogen) atoms. The van der Waals surface area contributed by atoms with Crippen LogP contribution in [0.2, 0.25) is 0 Å². The lowest BCUT2D eigenvalue weighted by atomic mass is 10.00. The van der Waals surface area contributed by atoms with Gasteiger partial charge in [0.05, 0.1) is 13.0 Å². The maximum atomic E-state index is 12.4. The fourth-order valence-electron chi connectivity index (χ4n) is 2.48. The van der Waals surface area contributed by atoms with Gasteiger partial charge in [0, 0.05) is 19.6 Å². The third kappa shape index (κ3) is 3.46. The summed E-state index contributed by atoms with van der Waals surface area (Å²) in [4.78, 5) is 30.5. The lowest BCUT2D eigenvalue weighted by Crippen LogP contribution is -2.49. The number of hydrogen-bond acceptors (Lipinski definition) is 4. The highest BCUT2D eigenvalue weighted by atomic mass is 16.4. The highest BCUT2D eigenvalue weighted by Gasteiger charge is 2.30. The molecule has 1 aliphatic rings. The number of likely N-dealkylation sites (tertiary alicyclic amines) is 1. The molecule has 2 N–H and O–H groups in total. The fourth-order valence-corrected chi connectivity index (χ4v) is 2.48. The van der Waals surface area contributed by atoms with Gasteiger partial charge in [0.15, 0.2) is 0 Å². The monoisotopic (exact) mass is 281 g/mol. The molecular formula is C12H19N5O3. The van der Waals surface area contributed by atoms with Crippen molar-refractivity contribution in [2.75, 3.05) is 13.6 Å². The Morgan fingerprint density at radius 2 is 2.35 bits per heavy atom. The molecule has 2 amide bonds. The molecule has 1 aliphatic heterocycles. The Hall–Kier alpha value is -2.12. The van der Waals surface area contributed by atoms with Crippen LogP contribution in [-0.4, -0.2) is 61.7 Å². The predicted octanol–water partition coefficient (Wildman–Crippen LogP) is 0.686. The fraction of sp³-hybridized carbons (Fsp3) is 0.667. The second kappa shape index (κ2) is 6.36. The molecule has 2 heterocycles. The summed E-state index contributed by atoms with van der Waals surface area (Å²) in [6, 6.07) is -0.377. The average Bonchev–Trinajstić information content (AvgIpc) is 2.90. The number of amides is 2. The summed E-state index contributed by atoms with van der Waals surface area (Å²) in [5.74, 6) is -0.264. The first-order valence-corrected chi connectivity index (χ1v) is 6.65. The maximum absolute atomic E-state index is 12.4. The summed E-state index contributed by atoms with van der Waals surface area (Å²) in [7, 11) is 1.68. The van der Waals surface area contributed by atoms with E-state index in [1.165, 1.54) is 11.2 Å². The molecule has 1 unspecified atom stereocenters. The van der Waals surface area contributed by atoms with E-state index in [0.717, 1.165) is 19.3 Å². The van der Waals surface area contributed by atoms with Crippen molar-refractivity contribution in [3.63, 3.8) is 0 Å². The third-order valence-corrected chi connectivity index (χ3v) is 3.46. The Balaban J connectivity index is 1.99. The van der Waals surface area contributed by atoms with Crippen molar-refractivity contribution in [3.05, 3.63) is 12.2 Å². The average molecular weight is 281 g/mol.